The molecule has 0 aliphatic heterocycles. The average Bonchev–Trinajstić information content (AvgIpc) is 2.46. The lowest BCUT2D eigenvalue weighted by Crippen LogP contribution is -2.11. The summed E-state index contributed by atoms with van der Waals surface area (Å²) in [6.45, 7) is 2.73. The van der Waals surface area contributed by atoms with Gasteiger partial charge in [-0.2, -0.15) is 0 Å². The molecule has 3 nitrogen and oxygen atoms in total. The third kappa shape index (κ3) is 3.52. The van der Waals surface area contributed by atoms with Crippen LogP contribution in [0.2, 0.25) is 5.02 Å². The predicted octanol–water partition coefficient (Wildman–Crippen LogP) is 3.61. The Morgan fingerprint density at radius 3 is 2.45 bits per heavy atom. The van der Waals surface area contributed by atoms with Gasteiger partial charge in [0.1, 0.15) is 0 Å². The zero-order chi connectivity index (χ0) is 14.5. The Hall–Kier alpha value is -2.00. The molecule has 0 aliphatic carbocycles. The highest BCUT2D eigenvalue weighted by molar-refractivity contribution is 6.31. The summed E-state index contributed by atoms with van der Waals surface area (Å²) in [7, 11) is 0. The Kier molecular flexibility index (Phi) is 4.64. The Morgan fingerprint density at radius 2 is 1.90 bits per heavy atom. The van der Waals surface area contributed by atoms with Crippen LogP contribution in [-0.2, 0) is 13.0 Å². The molecule has 104 valence electrons. The van der Waals surface area contributed by atoms with Gasteiger partial charge in [-0.05, 0) is 41.8 Å². The summed E-state index contributed by atoms with van der Waals surface area (Å²) in [5.74, 6) is -0.471. The Balaban J connectivity index is 2.04. The third-order valence-electron chi connectivity index (χ3n) is 3.18. The van der Waals surface area contributed by atoms with Gasteiger partial charge < -0.3 is 11.1 Å². The van der Waals surface area contributed by atoms with E-state index in [-0.39, 0.29) is 0 Å². The molecule has 0 radical (unpaired) electrons. The van der Waals surface area contributed by atoms with Crippen molar-refractivity contribution in [2.45, 2.75) is 19.9 Å². The molecule has 0 bridgehead atoms. The predicted molar refractivity (Wildman–Crippen MR) is 83.1 cm³/mol. The number of rotatable bonds is 5. The highest BCUT2D eigenvalue weighted by atomic mass is 35.5. The van der Waals surface area contributed by atoms with Crippen LogP contribution in [0.4, 0.5) is 5.69 Å². The van der Waals surface area contributed by atoms with Crippen LogP contribution in [0.3, 0.4) is 0 Å². The van der Waals surface area contributed by atoms with E-state index < -0.39 is 5.91 Å². The number of carbonyl (C=O) groups excluding carboxylic acids is 1. The van der Waals surface area contributed by atoms with Gasteiger partial charge in [-0.3, -0.25) is 4.79 Å². The fourth-order valence-corrected chi connectivity index (χ4v) is 2.15. The number of hydrogen-bond donors (Lipinski definition) is 2. The van der Waals surface area contributed by atoms with E-state index in [1.165, 1.54) is 5.56 Å². The number of carbonyl (C=O) groups is 1. The molecule has 0 saturated carbocycles. The van der Waals surface area contributed by atoms with Crippen molar-refractivity contribution in [1.82, 2.24) is 0 Å². The van der Waals surface area contributed by atoms with Crippen molar-refractivity contribution in [2.24, 2.45) is 5.73 Å². The number of anilines is 1. The quantitative estimate of drug-likeness (QED) is 0.883. The smallest absolute Gasteiger partial charge is 0.248 e. The molecule has 0 aliphatic rings. The lowest BCUT2D eigenvalue weighted by Gasteiger charge is -2.09. The topological polar surface area (TPSA) is 55.1 Å². The number of hydrogen-bond acceptors (Lipinski definition) is 2. The number of halogens is 1. The molecule has 20 heavy (non-hydrogen) atoms. The summed E-state index contributed by atoms with van der Waals surface area (Å²) < 4.78 is 0. The first-order valence-corrected chi connectivity index (χ1v) is 6.89. The fraction of sp³-hybridized carbons (Fsp3) is 0.188. The lowest BCUT2D eigenvalue weighted by molar-refractivity contribution is 0.100. The Bertz CT molecular complexity index is 608. The zero-order valence-electron chi connectivity index (χ0n) is 11.3. The molecule has 1 amide bonds. The number of nitrogens with one attached hydrogen (secondary N) is 1. The van der Waals surface area contributed by atoms with E-state index in [0.717, 1.165) is 17.7 Å². The second-order valence-corrected chi connectivity index (χ2v) is 4.98. The highest BCUT2D eigenvalue weighted by Gasteiger charge is 2.05. The molecule has 0 aromatic heterocycles. The largest absolute Gasteiger partial charge is 0.381 e. The monoisotopic (exact) mass is 288 g/mol. The molecule has 0 spiro atoms. The van der Waals surface area contributed by atoms with Crippen LogP contribution in [0, 0.1) is 0 Å². The SMILES string of the molecule is CCc1ccc(NCc2ccc(C(N)=O)cc2Cl)cc1. The third-order valence-corrected chi connectivity index (χ3v) is 3.53. The molecule has 4 heteroatoms. The van der Waals surface area contributed by atoms with Gasteiger partial charge in [0.15, 0.2) is 0 Å². The fourth-order valence-electron chi connectivity index (χ4n) is 1.90. The van der Waals surface area contributed by atoms with Crippen molar-refractivity contribution in [3.05, 3.63) is 64.2 Å². The molecule has 0 saturated heterocycles. The first-order valence-electron chi connectivity index (χ1n) is 6.51. The Labute approximate surface area is 123 Å². The molecule has 2 aromatic rings. The molecular formula is C16H17ClN2O. The van der Waals surface area contributed by atoms with Gasteiger partial charge in [0.2, 0.25) is 5.91 Å². The average molecular weight is 289 g/mol. The second kappa shape index (κ2) is 6.44. The van der Waals surface area contributed by atoms with Crippen LogP contribution in [0.25, 0.3) is 0 Å². The first-order chi connectivity index (χ1) is 9.60. The first kappa shape index (κ1) is 14.4. The minimum absolute atomic E-state index is 0.422. The Morgan fingerprint density at radius 1 is 1.20 bits per heavy atom. The zero-order valence-corrected chi connectivity index (χ0v) is 12.1. The summed E-state index contributed by atoms with van der Waals surface area (Å²) in [5.41, 5.74) is 8.91. The van der Waals surface area contributed by atoms with Crippen molar-refractivity contribution in [3.8, 4) is 0 Å². The summed E-state index contributed by atoms with van der Waals surface area (Å²) in [6.07, 6.45) is 1.03. The van der Waals surface area contributed by atoms with Crippen LogP contribution < -0.4 is 11.1 Å². The summed E-state index contributed by atoms with van der Waals surface area (Å²) >= 11 is 6.14. The summed E-state index contributed by atoms with van der Waals surface area (Å²) in [5, 5.41) is 3.84. The van der Waals surface area contributed by atoms with Gasteiger partial charge in [0.25, 0.3) is 0 Å². The number of amides is 1. The van der Waals surface area contributed by atoms with E-state index in [9.17, 15) is 4.79 Å². The number of primary amides is 1. The van der Waals surface area contributed by atoms with E-state index >= 15 is 0 Å². The molecule has 0 heterocycles. The molecular weight excluding hydrogens is 272 g/mol. The minimum atomic E-state index is -0.471. The van der Waals surface area contributed by atoms with E-state index in [2.05, 4.69) is 24.4 Å². The molecule has 3 N–H and O–H groups in total. The van der Waals surface area contributed by atoms with Gasteiger partial charge >= 0.3 is 0 Å². The van der Waals surface area contributed by atoms with E-state index in [0.29, 0.717) is 17.1 Å². The summed E-state index contributed by atoms with van der Waals surface area (Å²) in [6, 6.07) is 13.4. The van der Waals surface area contributed by atoms with Crippen molar-refractivity contribution in [3.63, 3.8) is 0 Å². The van der Waals surface area contributed by atoms with Gasteiger partial charge in [-0.25, -0.2) is 0 Å². The second-order valence-electron chi connectivity index (χ2n) is 4.57. The van der Waals surface area contributed by atoms with E-state index in [4.69, 9.17) is 17.3 Å². The summed E-state index contributed by atoms with van der Waals surface area (Å²) in [4.78, 5) is 11.1. The maximum absolute atomic E-state index is 11.1. The number of benzene rings is 2. The minimum Gasteiger partial charge on any atom is -0.381 e. The van der Waals surface area contributed by atoms with Gasteiger partial charge in [0.05, 0.1) is 0 Å². The normalized spacial score (nSPS) is 10.3. The number of aryl methyl sites for hydroxylation is 1. The number of nitrogens with two attached hydrogens (primary N) is 1. The van der Waals surface area contributed by atoms with Crippen LogP contribution in [0.1, 0.15) is 28.4 Å². The molecule has 2 rings (SSSR count). The standard InChI is InChI=1S/C16H17ClN2O/c1-2-11-3-7-14(8-4-11)19-10-13-6-5-12(16(18)20)9-15(13)17/h3-9,19H,2,10H2,1H3,(H2,18,20). The highest BCUT2D eigenvalue weighted by Crippen LogP contribution is 2.19. The maximum Gasteiger partial charge on any atom is 0.248 e. The maximum atomic E-state index is 11.1. The molecule has 2 aromatic carbocycles. The molecule has 0 atom stereocenters. The van der Waals surface area contributed by atoms with Crippen LogP contribution in [0.15, 0.2) is 42.5 Å². The van der Waals surface area contributed by atoms with Crippen LogP contribution >= 0.6 is 11.6 Å². The molecule has 0 unspecified atom stereocenters. The van der Waals surface area contributed by atoms with Gasteiger partial charge in [0, 0.05) is 22.8 Å². The van der Waals surface area contributed by atoms with Crippen molar-refractivity contribution in [2.75, 3.05) is 5.32 Å². The van der Waals surface area contributed by atoms with E-state index in [1.807, 2.05) is 18.2 Å². The van der Waals surface area contributed by atoms with Crippen LogP contribution in [0.5, 0.6) is 0 Å². The molecule has 0 fully saturated rings. The van der Waals surface area contributed by atoms with Crippen molar-refractivity contribution >= 4 is 23.2 Å². The van der Waals surface area contributed by atoms with Gasteiger partial charge in [-0.15, -0.1) is 0 Å². The van der Waals surface area contributed by atoms with Crippen molar-refractivity contribution < 1.29 is 4.79 Å². The van der Waals surface area contributed by atoms with E-state index in [1.54, 1.807) is 12.1 Å². The lowest BCUT2D eigenvalue weighted by atomic mass is 10.1. The van der Waals surface area contributed by atoms with Crippen molar-refractivity contribution in [1.29, 1.82) is 0 Å². The van der Waals surface area contributed by atoms with Crippen LogP contribution in [-0.4, -0.2) is 5.91 Å². The van der Waals surface area contributed by atoms with Gasteiger partial charge in [-0.1, -0.05) is 36.7 Å².